The Morgan fingerprint density at radius 2 is 1.39 bits per heavy atom. The number of benzene rings is 2. The number of hydrogen-bond acceptors (Lipinski definition) is 0. The third kappa shape index (κ3) is 7.83. The maximum absolute atomic E-state index is 6.24. The summed E-state index contributed by atoms with van der Waals surface area (Å²) < 4.78 is 1.15. The van der Waals surface area contributed by atoms with Crippen molar-refractivity contribution in [2.75, 3.05) is 0 Å². The van der Waals surface area contributed by atoms with Gasteiger partial charge < -0.3 is 0 Å². The molecule has 0 nitrogen and oxygen atoms in total. The zero-order valence-electron chi connectivity index (χ0n) is 17.9. The molecule has 3 heteroatoms. The molecule has 0 aliphatic heterocycles. The fourth-order valence-electron chi connectivity index (χ4n) is 3.68. The summed E-state index contributed by atoms with van der Waals surface area (Å²) in [5.74, 6) is 0. The van der Waals surface area contributed by atoms with Gasteiger partial charge in [0.1, 0.15) is 0 Å². The molecule has 0 amide bonds. The monoisotopic (exact) mass is 524 g/mol. The second kappa shape index (κ2) is 13.1. The van der Waals surface area contributed by atoms with E-state index in [1.165, 1.54) is 31.2 Å². The van der Waals surface area contributed by atoms with Gasteiger partial charge in [0.05, 0.1) is 0 Å². The van der Waals surface area contributed by atoms with Crippen molar-refractivity contribution in [2.45, 2.75) is 32.6 Å². The zero-order valence-corrected chi connectivity index (χ0v) is 21.9. The van der Waals surface area contributed by atoms with E-state index >= 15 is 0 Å². The first-order valence-electron chi connectivity index (χ1n) is 10.7. The molecule has 0 saturated carbocycles. The molecule has 4 aromatic rings. The summed E-state index contributed by atoms with van der Waals surface area (Å²) in [6.45, 7) is 2.08. The minimum atomic E-state index is -2.44. The molecule has 0 saturated heterocycles. The van der Waals surface area contributed by atoms with Crippen molar-refractivity contribution in [3.8, 4) is 0 Å². The van der Waals surface area contributed by atoms with Gasteiger partial charge in [-0.25, -0.2) is 17.7 Å². The summed E-state index contributed by atoms with van der Waals surface area (Å²) in [6, 6.07) is 35.2. The van der Waals surface area contributed by atoms with E-state index in [1.807, 2.05) is 48.5 Å². The average Bonchev–Trinajstić information content (AvgIpc) is 3.47. The number of aryl methyl sites for hydroxylation is 3. The van der Waals surface area contributed by atoms with Crippen LogP contribution in [0.5, 0.6) is 0 Å². The van der Waals surface area contributed by atoms with E-state index in [1.54, 1.807) is 11.1 Å². The van der Waals surface area contributed by atoms with E-state index in [-0.39, 0.29) is 0 Å². The molecular formula is C28H28Cl2Zr-2. The fourth-order valence-corrected chi connectivity index (χ4v) is 8.15. The molecule has 0 radical (unpaired) electrons. The van der Waals surface area contributed by atoms with Gasteiger partial charge in [0, 0.05) is 0 Å². The topological polar surface area (TPSA) is 0 Å². The van der Waals surface area contributed by atoms with Crippen LogP contribution in [0.4, 0.5) is 0 Å². The van der Waals surface area contributed by atoms with Crippen LogP contribution in [0.25, 0.3) is 0 Å². The molecule has 4 aromatic carbocycles. The molecule has 0 heterocycles. The van der Waals surface area contributed by atoms with Crippen LogP contribution in [0.1, 0.15) is 40.7 Å². The Morgan fingerprint density at radius 1 is 0.774 bits per heavy atom. The van der Waals surface area contributed by atoms with Gasteiger partial charge in [-0.05, 0) is 0 Å². The van der Waals surface area contributed by atoms with Gasteiger partial charge in [-0.15, -0.1) is 0 Å². The molecule has 5 rings (SSSR count). The molecule has 0 bridgehead atoms. The van der Waals surface area contributed by atoms with Crippen LogP contribution < -0.4 is 0 Å². The van der Waals surface area contributed by atoms with Crippen molar-refractivity contribution < 1.29 is 18.9 Å². The Hall–Kier alpha value is -1.53. The number of fused-ring (bicyclic) bond motifs is 1. The smallest absolute Gasteiger partial charge is 0.0512 e. The molecule has 0 unspecified atom stereocenters. The minimum Gasteiger partial charge on any atom is -0.210 e. The maximum Gasteiger partial charge on any atom is -0.0512 e. The molecule has 1 aliphatic rings. The Labute approximate surface area is 201 Å². The van der Waals surface area contributed by atoms with Gasteiger partial charge in [-0.3, -0.25) is 0 Å². The largest absolute Gasteiger partial charge is 0.210 e. The van der Waals surface area contributed by atoms with Gasteiger partial charge in [0.25, 0.3) is 0 Å². The van der Waals surface area contributed by atoms with Crippen LogP contribution in [0.3, 0.4) is 0 Å². The maximum atomic E-state index is 6.24. The van der Waals surface area contributed by atoms with Gasteiger partial charge >= 0.3 is 111 Å². The molecule has 1 aliphatic carbocycles. The summed E-state index contributed by atoms with van der Waals surface area (Å²) in [4.78, 5) is 0. The quantitative estimate of drug-likeness (QED) is 0.231. The molecule has 0 aromatic heterocycles. The first-order valence-corrected chi connectivity index (χ1v) is 18.3. The van der Waals surface area contributed by atoms with E-state index in [9.17, 15) is 0 Å². The van der Waals surface area contributed by atoms with E-state index in [2.05, 4.69) is 61.5 Å². The van der Waals surface area contributed by atoms with Crippen LogP contribution in [0.2, 0.25) is 0 Å². The summed E-state index contributed by atoms with van der Waals surface area (Å²) in [7, 11) is 12.5. The fraction of sp³-hybridized carbons (Fsp3) is 0.179. The Morgan fingerprint density at radius 3 is 1.84 bits per heavy atom. The average molecular weight is 527 g/mol. The SMILES string of the molecule is Cc1cc[cH-]c1.[Cl][Zr]([Cl])=[C](c1ccccc1)c1ccccc1.c1cc2c([cH-]1)CCCC2. The Balaban J connectivity index is 0.000000151. The number of hydrogen-bond donors (Lipinski definition) is 0. The molecule has 0 spiro atoms. The van der Waals surface area contributed by atoms with Crippen molar-refractivity contribution in [3.63, 3.8) is 0 Å². The molecule has 0 fully saturated rings. The molecule has 160 valence electrons. The van der Waals surface area contributed by atoms with E-state index in [4.69, 9.17) is 17.0 Å². The molecule has 31 heavy (non-hydrogen) atoms. The van der Waals surface area contributed by atoms with Gasteiger partial charge in [-0.1, -0.05) is 32.6 Å². The van der Waals surface area contributed by atoms with Gasteiger partial charge in [0.2, 0.25) is 0 Å². The number of halogens is 2. The predicted molar refractivity (Wildman–Crippen MR) is 133 cm³/mol. The van der Waals surface area contributed by atoms with Gasteiger partial charge in [0.15, 0.2) is 0 Å². The van der Waals surface area contributed by atoms with Crippen LogP contribution >= 0.6 is 17.0 Å². The normalized spacial score (nSPS) is 11.8. The van der Waals surface area contributed by atoms with Crippen molar-refractivity contribution in [1.82, 2.24) is 0 Å². The third-order valence-corrected chi connectivity index (χ3v) is 9.88. The zero-order chi connectivity index (χ0) is 21.9. The Bertz CT molecular complexity index is 979. The van der Waals surface area contributed by atoms with Crippen LogP contribution in [-0.4, -0.2) is 3.21 Å². The predicted octanol–water partition coefficient (Wildman–Crippen LogP) is 8.18. The van der Waals surface area contributed by atoms with Crippen molar-refractivity contribution >= 4 is 20.2 Å². The van der Waals surface area contributed by atoms with Crippen LogP contribution in [-0.2, 0) is 31.7 Å². The third-order valence-electron chi connectivity index (χ3n) is 5.29. The minimum absolute atomic E-state index is 1.15. The number of rotatable bonds is 2. The van der Waals surface area contributed by atoms with E-state index in [0.29, 0.717) is 0 Å². The second-order valence-electron chi connectivity index (χ2n) is 7.61. The second-order valence-corrected chi connectivity index (χ2v) is 15.7. The molecule has 0 atom stereocenters. The summed E-state index contributed by atoms with van der Waals surface area (Å²) in [6.07, 6.45) is 5.44. The van der Waals surface area contributed by atoms with Crippen molar-refractivity contribution in [3.05, 3.63) is 131 Å². The van der Waals surface area contributed by atoms with E-state index < -0.39 is 18.9 Å². The summed E-state index contributed by atoms with van der Waals surface area (Å²) in [5, 5.41) is 0. The summed E-state index contributed by atoms with van der Waals surface area (Å²) in [5.41, 5.74) is 6.83. The van der Waals surface area contributed by atoms with Crippen LogP contribution in [0.15, 0.2) is 103 Å². The Kier molecular flexibility index (Phi) is 10.2. The molecular weight excluding hydrogens is 498 g/mol. The first-order chi connectivity index (χ1) is 15.1. The summed E-state index contributed by atoms with van der Waals surface area (Å²) >= 11 is -2.44. The molecule has 0 N–H and O–H groups in total. The van der Waals surface area contributed by atoms with Crippen molar-refractivity contribution in [1.29, 1.82) is 0 Å². The van der Waals surface area contributed by atoms with Crippen LogP contribution in [0, 0.1) is 6.92 Å². The van der Waals surface area contributed by atoms with E-state index in [0.717, 1.165) is 14.3 Å². The van der Waals surface area contributed by atoms with Crippen molar-refractivity contribution in [2.24, 2.45) is 0 Å². The van der Waals surface area contributed by atoms with Gasteiger partial charge in [-0.2, -0.15) is 41.5 Å². The standard InChI is InChI=1S/C13H10.C9H11.C6H7.2ClH.Zr/c1-3-7-12(8-4-1)11-13-9-5-2-6-10-13;1-2-5-9-7-3-6-8(9)4-1;1-6-4-2-3-5-6;;;/h1-10H;3,6-7H,1-2,4-5H2;2-5H,1H3;2*1H;/q;2*-1;;;+2/p-2. The first kappa shape index (κ1) is 24.1.